The number of rotatable bonds is 4. The van der Waals surface area contributed by atoms with Gasteiger partial charge in [0.05, 0.1) is 6.04 Å². The summed E-state index contributed by atoms with van der Waals surface area (Å²) in [5.74, 6) is 0.571. The average Bonchev–Trinajstić information content (AvgIpc) is 2.45. The zero-order valence-corrected chi connectivity index (χ0v) is 11.7. The van der Waals surface area contributed by atoms with Gasteiger partial charge in [-0.1, -0.05) is 44.2 Å². The fourth-order valence-corrected chi connectivity index (χ4v) is 2.02. The van der Waals surface area contributed by atoms with Gasteiger partial charge < -0.3 is 5.32 Å². The molecule has 0 spiro atoms. The maximum absolute atomic E-state index is 12.5. The Hall–Kier alpha value is -2.11. The Morgan fingerprint density at radius 2 is 1.62 bits per heavy atom. The van der Waals surface area contributed by atoms with Crippen molar-refractivity contribution in [2.45, 2.75) is 26.1 Å². The molecule has 2 rings (SSSR count). The molecule has 1 heterocycles. The van der Waals surface area contributed by atoms with E-state index in [0.29, 0.717) is 5.82 Å². The third-order valence-electron chi connectivity index (χ3n) is 3.08. The summed E-state index contributed by atoms with van der Waals surface area (Å²) in [5, 5.41) is 9.96. The highest BCUT2D eigenvalue weighted by atomic mass is 19.4. The molecule has 0 aliphatic rings. The molecule has 0 saturated carbocycles. The lowest BCUT2D eigenvalue weighted by atomic mass is 9.96. The smallest absolute Gasteiger partial charge is 0.362 e. The molecule has 0 fully saturated rings. The number of hydrogen-bond acceptors (Lipinski definition) is 3. The minimum Gasteiger partial charge on any atom is -0.362 e. The Kier molecular flexibility index (Phi) is 4.45. The van der Waals surface area contributed by atoms with E-state index in [4.69, 9.17) is 0 Å². The fraction of sp³-hybridized carbons (Fsp3) is 0.333. The molecule has 1 aromatic heterocycles. The van der Waals surface area contributed by atoms with Gasteiger partial charge in [0.25, 0.3) is 0 Å². The molecule has 1 N–H and O–H groups in total. The lowest BCUT2D eigenvalue weighted by Gasteiger charge is -2.23. The first-order valence-electron chi connectivity index (χ1n) is 6.60. The predicted octanol–water partition coefficient (Wildman–Crippen LogP) is 4.30. The summed E-state index contributed by atoms with van der Waals surface area (Å²) in [5.41, 5.74) is 0.0584. The molecule has 1 unspecified atom stereocenters. The van der Waals surface area contributed by atoms with Gasteiger partial charge in [-0.3, -0.25) is 0 Å². The Bertz CT molecular complexity index is 565. The molecule has 6 heteroatoms. The van der Waals surface area contributed by atoms with E-state index >= 15 is 0 Å². The van der Waals surface area contributed by atoms with E-state index in [-0.39, 0.29) is 12.0 Å². The van der Waals surface area contributed by atoms with Crippen molar-refractivity contribution >= 4 is 5.82 Å². The van der Waals surface area contributed by atoms with E-state index < -0.39 is 11.9 Å². The highest BCUT2D eigenvalue weighted by Crippen LogP contribution is 2.29. The number of alkyl halides is 3. The van der Waals surface area contributed by atoms with E-state index in [1.807, 2.05) is 44.2 Å². The molecule has 0 amide bonds. The largest absolute Gasteiger partial charge is 0.435 e. The summed E-state index contributed by atoms with van der Waals surface area (Å²) >= 11 is 0. The van der Waals surface area contributed by atoms with Gasteiger partial charge in [0.15, 0.2) is 5.69 Å². The molecule has 2 aromatic rings. The summed E-state index contributed by atoms with van der Waals surface area (Å²) in [6.45, 7) is 4.06. The Morgan fingerprint density at radius 1 is 0.952 bits per heavy atom. The number of aromatic nitrogens is 2. The van der Waals surface area contributed by atoms with Crippen LogP contribution in [0.1, 0.15) is 31.1 Å². The predicted molar refractivity (Wildman–Crippen MR) is 74.7 cm³/mol. The lowest BCUT2D eigenvalue weighted by molar-refractivity contribution is -0.141. The first-order valence-corrected chi connectivity index (χ1v) is 6.60. The Labute approximate surface area is 121 Å². The van der Waals surface area contributed by atoms with Crippen LogP contribution >= 0.6 is 0 Å². The van der Waals surface area contributed by atoms with Gasteiger partial charge in [-0.25, -0.2) is 0 Å². The van der Waals surface area contributed by atoms with Crippen LogP contribution in [0.2, 0.25) is 0 Å². The monoisotopic (exact) mass is 295 g/mol. The second-order valence-electron chi connectivity index (χ2n) is 5.08. The minimum atomic E-state index is -4.47. The number of benzene rings is 1. The van der Waals surface area contributed by atoms with Crippen LogP contribution in [0.25, 0.3) is 0 Å². The zero-order valence-electron chi connectivity index (χ0n) is 11.7. The highest BCUT2D eigenvalue weighted by Gasteiger charge is 2.33. The molecule has 0 radical (unpaired) electrons. The Morgan fingerprint density at radius 3 is 2.10 bits per heavy atom. The number of nitrogens with one attached hydrogen (secondary N) is 1. The molecule has 0 aliphatic carbocycles. The van der Waals surface area contributed by atoms with Crippen molar-refractivity contribution in [2.75, 3.05) is 5.32 Å². The van der Waals surface area contributed by atoms with E-state index in [2.05, 4.69) is 15.5 Å². The molecule has 112 valence electrons. The number of nitrogens with zero attached hydrogens (tertiary/aromatic N) is 2. The first kappa shape index (κ1) is 15.3. The summed E-state index contributed by atoms with van der Waals surface area (Å²) in [7, 11) is 0. The normalized spacial score (nSPS) is 13.2. The Balaban J connectivity index is 2.18. The summed E-state index contributed by atoms with van der Waals surface area (Å²) in [6.07, 6.45) is -4.47. The van der Waals surface area contributed by atoms with Crippen molar-refractivity contribution in [3.63, 3.8) is 0 Å². The van der Waals surface area contributed by atoms with E-state index in [1.165, 1.54) is 6.07 Å². The fourth-order valence-electron chi connectivity index (χ4n) is 2.02. The molecule has 1 atom stereocenters. The SMILES string of the molecule is CC(C)C(Nc1ccc(C(F)(F)F)nn1)c1ccccc1. The van der Waals surface area contributed by atoms with Crippen LogP contribution in [-0.2, 0) is 6.18 Å². The molecule has 0 bridgehead atoms. The van der Waals surface area contributed by atoms with Crippen LogP contribution in [0.5, 0.6) is 0 Å². The second kappa shape index (κ2) is 6.11. The van der Waals surface area contributed by atoms with Crippen molar-refractivity contribution in [3.05, 3.63) is 53.7 Å². The highest BCUT2D eigenvalue weighted by molar-refractivity contribution is 5.38. The molecular formula is C15H16F3N3. The number of halogens is 3. The molecule has 3 nitrogen and oxygen atoms in total. The van der Waals surface area contributed by atoms with Crippen LogP contribution < -0.4 is 5.32 Å². The molecule has 0 aliphatic heterocycles. The zero-order chi connectivity index (χ0) is 15.5. The standard InChI is InChI=1S/C15H16F3N3/c1-10(2)14(11-6-4-3-5-7-11)19-13-9-8-12(20-21-13)15(16,17)18/h3-10,14H,1-2H3,(H,19,21). The van der Waals surface area contributed by atoms with Gasteiger partial charge >= 0.3 is 6.18 Å². The summed E-state index contributed by atoms with van der Waals surface area (Å²) in [6, 6.07) is 11.9. The van der Waals surface area contributed by atoms with Crippen molar-refractivity contribution < 1.29 is 13.2 Å². The van der Waals surface area contributed by atoms with Gasteiger partial charge in [0.2, 0.25) is 0 Å². The molecule has 0 saturated heterocycles. The van der Waals surface area contributed by atoms with E-state index in [0.717, 1.165) is 11.6 Å². The van der Waals surface area contributed by atoms with Crippen LogP contribution in [0.15, 0.2) is 42.5 Å². The van der Waals surface area contributed by atoms with Gasteiger partial charge in [-0.05, 0) is 23.6 Å². The van der Waals surface area contributed by atoms with E-state index in [1.54, 1.807) is 0 Å². The third-order valence-corrected chi connectivity index (χ3v) is 3.08. The van der Waals surface area contributed by atoms with Crippen LogP contribution in [-0.4, -0.2) is 10.2 Å². The van der Waals surface area contributed by atoms with E-state index in [9.17, 15) is 13.2 Å². The van der Waals surface area contributed by atoms with Gasteiger partial charge in [-0.2, -0.15) is 13.2 Å². The minimum absolute atomic E-state index is 0.0442. The number of anilines is 1. The summed E-state index contributed by atoms with van der Waals surface area (Å²) in [4.78, 5) is 0. The van der Waals surface area contributed by atoms with Crippen molar-refractivity contribution in [2.24, 2.45) is 5.92 Å². The second-order valence-corrected chi connectivity index (χ2v) is 5.08. The molecule has 21 heavy (non-hydrogen) atoms. The van der Waals surface area contributed by atoms with Gasteiger partial charge in [0.1, 0.15) is 5.82 Å². The third kappa shape index (κ3) is 3.93. The maximum atomic E-state index is 12.5. The quantitative estimate of drug-likeness (QED) is 0.913. The van der Waals surface area contributed by atoms with Crippen LogP contribution in [0, 0.1) is 5.92 Å². The van der Waals surface area contributed by atoms with Crippen LogP contribution in [0.4, 0.5) is 19.0 Å². The topological polar surface area (TPSA) is 37.8 Å². The molecule has 1 aromatic carbocycles. The maximum Gasteiger partial charge on any atom is 0.435 e. The summed E-state index contributed by atoms with van der Waals surface area (Å²) < 4.78 is 37.4. The van der Waals surface area contributed by atoms with Crippen LogP contribution in [0.3, 0.4) is 0 Å². The molecular weight excluding hydrogens is 279 g/mol. The average molecular weight is 295 g/mol. The number of hydrogen-bond donors (Lipinski definition) is 1. The van der Waals surface area contributed by atoms with Gasteiger partial charge in [0, 0.05) is 0 Å². The van der Waals surface area contributed by atoms with Crippen molar-refractivity contribution in [1.82, 2.24) is 10.2 Å². The van der Waals surface area contributed by atoms with Gasteiger partial charge in [-0.15, -0.1) is 10.2 Å². The lowest BCUT2D eigenvalue weighted by Crippen LogP contribution is -2.18. The first-order chi connectivity index (χ1) is 9.88. The van der Waals surface area contributed by atoms with Crippen molar-refractivity contribution in [1.29, 1.82) is 0 Å². The van der Waals surface area contributed by atoms with Crippen molar-refractivity contribution in [3.8, 4) is 0 Å².